The van der Waals surface area contributed by atoms with Crippen molar-refractivity contribution in [2.75, 3.05) is 0 Å². The van der Waals surface area contributed by atoms with E-state index in [9.17, 15) is 27.2 Å². The highest BCUT2D eigenvalue weighted by molar-refractivity contribution is 5.97. The van der Waals surface area contributed by atoms with Crippen LogP contribution in [0.1, 0.15) is 24.5 Å². The second kappa shape index (κ2) is 5.34. The van der Waals surface area contributed by atoms with Crippen molar-refractivity contribution in [2.45, 2.75) is 32.1 Å². The average molecular weight is 304 g/mol. The number of benzene rings is 1. The summed E-state index contributed by atoms with van der Waals surface area (Å²) in [6, 6.07) is 1.20. The van der Waals surface area contributed by atoms with Gasteiger partial charge in [-0.05, 0) is 19.1 Å². The molecule has 0 aromatic heterocycles. The highest BCUT2D eigenvalue weighted by Crippen LogP contribution is 2.34. The average Bonchev–Trinajstić information content (AvgIpc) is 2.33. The Labute approximate surface area is 117 Å². The molecule has 1 aromatic rings. The molecule has 3 amide bonds. The van der Waals surface area contributed by atoms with Crippen molar-refractivity contribution in [3.63, 3.8) is 0 Å². The van der Waals surface area contributed by atoms with E-state index in [0.717, 1.165) is 23.1 Å². The number of halogens is 4. The molecule has 8 heteroatoms. The van der Waals surface area contributed by atoms with Crippen LogP contribution < -0.4 is 5.32 Å². The van der Waals surface area contributed by atoms with Crippen LogP contribution in [-0.4, -0.2) is 22.9 Å². The highest BCUT2D eigenvalue weighted by Gasteiger charge is 2.37. The van der Waals surface area contributed by atoms with Crippen molar-refractivity contribution in [3.05, 3.63) is 35.1 Å². The van der Waals surface area contributed by atoms with E-state index in [-0.39, 0.29) is 6.42 Å². The molecule has 1 saturated heterocycles. The lowest BCUT2D eigenvalue weighted by Crippen LogP contribution is -2.53. The highest BCUT2D eigenvalue weighted by atomic mass is 19.4. The molecular formula is C13H12F4N2O2. The van der Waals surface area contributed by atoms with E-state index in [2.05, 4.69) is 0 Å². The molecule has 1 fully saturated rings. The number of imide groups is 1. The van der Waals surface area contributed by atoms with Gasteiger partial charge >= 0.3 is 12.2 Å². The normalized spacial score (nSPS) is 19.7. The predicted molar refractivity (Wildman–Crippen MR) is 64.6 cm³/mol. The van der Waals surface area contributed by atoms with Crippen LogP contribution in [0.3, 0.4) is 0 Å². The van der Waals surface area contributed by atoms with Crippen LogP contribution in [0.15, 0.2) is 18.2 Å². The topological polar surface area (TPSA) is 49.4 Å². The zero-order valence-corrected chi connectivity index (χ0v) is 11.0. The van der Waals surface area contributed by atoms with Crippen LogP contribution >= 0.6 is 0 Å². The van der Waals surface area contributed by atoms with Gasteiger partial charge in [0.05, 0.1) is 12.1 Å². The Morgan fingerprint density at radius 3 is 2.57 bits per heavy atom. The lowest BCUT2D eigenvalue weighted by atomic mass is 10.0. The molecule has 1 aliphatic rings. The Hall–Kier alpha value is -2.12. The monoisotopic (exact) mass is 304 g/mol. The summed E-state index contributed by atoms with van der Waals surface area (Å²) in [5, 5.41) is 2.00. The van der Waals surface area contributed by atoms with E-state index in [4.69, 9.17) is 0 Å². The van der Waals surface area contributed by atoms with Gasteiger partial charge in [0.1, 0.15) is 5.82 Å². The summed E-state index contributed by atoms with van der Waals surface area (Å²) >= 11 is 0. The largest absolute Gasteiger partial charge is 0.416 e. The summed E-state index contributed by atoms with van der Waals surface area (Å²) in [6.45, 7) is 0.965. The van der Waals surface area contributed by atoms with Crippen molar-refractivity contribution >= 4 is 11.9 Å². The summed E-state index contributed by atoms with van der Waals surface area (Å²) < 4.78 is 52.4. The van der Waals surface area contributed by atoms with Gasteiger partial charge in [0.25, 0.3) is 0 Å². The maximum atomic E-state index is 13.7. The minimum absolute atomic E-state index is 0.0401. The molecule has 1 unspecified atom stereocenters. The standard InChI is InChI=1S/C13H12F4N2O2/c1-7-5-11(20)18-12(21)19(7)6-8-9(13(15,16)17)3-2-4-10(8)14/h2-4,7H,5-6H2,1H3,(H,18,20,21). The fraction of sp³-hybridized carbons (Fsp3) is 0.385. The van der Waals surface area contributed by atoms with Gasteiger partial charge < -0.3 is 4.90 Å². The zero-order valence-electron chi connectivity index (χ0n) is 11.0. The van der Waals surface area contributed by atoms with Gasteiger partial charge in [0, 0.05) is 18.0 Å². The second-order valence-corrected chi connectivity index (χ2v) is 4.80. The van der Waals surface area contributed by atoms with Crippen molar-refractivity contribution in [1.82, 2.24) is 10.2 Å². The molecule has 0 radical (unpaired) electrons. The number of hydrogen-bond donors (Lipinski definition) is 1. The van der Waals surface area contributed by atoms with E-state index in [1.54, 1.807) is 0 Å². The van der Waals surface area contributed by atoms with E-state index in [1.807, 2.05) is 5.32 Å². The van der Waals surface area contributed by atoms with Gasteiger partial charge in [0.2, 0.25) is 5.91 Å². The Kier molecular flexibility index (Phi) is 3.89. The van der Waals surface area contributed by atoms with E-state index in [1.165, 1.54) is 6.92 Å². The summed E-state index contributed by atoms with van der Waals surface area (Å²) in [6.07, 6.45) is -4.76. The molecule has 1 atom stereocenters. The summed E-state index contributed by atoms with van der Waals surface area (Å²) in [7, 11) is 0. The number of nitrogens with one attached hydrogen (secondary N) is 1. The van der Waals surface area contributed by atoms with Gasteiger partial charge in [-0.15, -0.1) is 0 Å². The number of rotatable bonds is 2. The Balaban J connectivity index is 2.35. The molecule has 0 bridgehead atoms. The number of alkyl halides is 3. The molecule has 21 heavy (non-hydrogen) atoms. The molecule has 1 aromatic carbocycles. The number of nitrogens with zero attached hydrogens (tertiary/aromatic N) is 1. The minimum atomic E-state index is -4.72. The lowest BCUT2D eigenvalue weighted by molar-refractivity contribution is -0.139. The quantitative estimate of drug-likeness (QED) is 0.854. The first-order valence-electron chi connectivity index (χ1n) is 6.15. The van der Waals surface area contributed by atoms with Gasteiger partial charge in [0.15, 0.2) is 0 Å². The summed E-state index contributed by atoms with van der Waals surface area (Å²) in [5.41, 5.74) is -1.74. The van der Waals surface area contributed by atoms with Crippen LogP contribution in [0, 0.1) is 5.82 Å². The maximum Gasteiger partial charge on any atom is 0.416 e. The van der Waals surface area contributed by atoms with Gasteiger partial charge in [-0.3, -0.25) is 10.1 Å². The fourth-order valence-corrected chi connectivity index (χ4v) is 2.20. The van der Waals surface area contributed by atoms with Crippen molar-refractivity contribution in [1.29, 1.82) is 0 Å². The minimum Gasteiger partial charge on any atom is -0.317 e. The fourth-order valence-electron chi connectivity index (χ4n) is 2.20. The third-order valence-corrected chi connectivity index (χ3v) is 3.27. The smallest absolute Gasteiger partial charge is 0.317 e. The predicted octanol–water partition coefficient (Wildman–Crippen LogP) is 2.67. The van der Waals surface area contributed by atoms with Gasteiger partial charge in [-0.2, -0.15) is 13.2 Å². The van der Waals surface area contributed by atoms with Gasteiger partial charge in [-0.1, -0.05) is 6.07 Å². The molecule has 1 aliphatic heterocycles. The van der Waals surface area contributed by atoms with Crippen LogP contribution in [0.25, 0.3) is 0 Å². The van der Waals surface area contributed by atoms with Crippen molar-refractivity contribution < 1.29 is 27.2 Å². The molecule has 1 heterocycles. The van der Waals surface area contributed by atoms with Crippen molar-refractivity contribution in [3.8, 4) is 0 Å². The lowest BCUT2D eigenvalue weighted by Gasteiger charge is -2.33. The van der Waals surface area contributed by atoms with Crippen molar-refractivity contribution in [2.24, 2.45) is 0 Å². The Morgan fingerprint density at radius 2 is 2.00 bits per heavy atom. The first-order valence-corrected chi connectivity index (χ1v) is 6.15. The number of carbonyl (C=O) groups excluding carboxylic acids is 2. The number of carbonyl (C=O) groups is 2. The molecule has 114 valence electrons. The molecular weight excluding hydrogens is 292 g/mol. The van der Waals surface area contributed by atoms with Crippen LogP contribution in [0.5, 0.6) is 0 Å². The first-order chi connectivity index (χ1) is 9.70. The Bertz CT molecular complexity index is 586. The number of amides is 3. The summed E-state index contributed by atoms with van der Waals surface area (Å²) in [5.74, 6) is -1.55. The molecule has 0 spiro atoms. The first kappa shape index (κ1) is 15.3. The molecule has 1 N–H and O–H groups in total. The zero-order chi connectivity index (χ0) is 15.8. The SMILES string of the molecule is CC1CC(=O)NC(=O)N1Cc1c(F)cccc1C(F)(F)F. The third kappa shape index (κ3) is 3.14. The van der Waals surface area contributed by atoms with E-state index < -0.39 is 47.6 Å². The molecule has 4 nitrogen and oxygen atoms in total. The van der Waals surface area contributed by atoms with Crippen LogP contribution in [-0.2, 0) is 17.5 Å². The number of urea groups is 1. The Morgan fingerprint density at radius 1 is 1.33 bits per heavy atom. The van der Waals surface area contributed by atoms with E-state index in [0.29, 0.717) is 0 Å². The molecule has 0 aliphatic carbocycles. The molecule has 0 saturated carbocycles. The second-order valence-electron chi connectivity index (χ2n) is 4.80. The number of hydrogen-bond acceptors (Lipinski definition) is 2. The van der Waals surface area contributed by atoms with E-state index >= 15 is 0 Å². The van der Waals surface area contributed by atoms with Crippen LogP contribution in [0.4, 0.5) is 22.4 Å². The molecule has 2 rings (SSSR count). The maximum absolute atomic E-state index is 13.7. The van der Waals surface area contributed by atoms with Crippen LogP contribution in [0.2, 0.25) is 0 Å². The third-order valence-electron chi connectivity index (χ3n) is 3.27. The van der Waals surface area contributed by atoms with Gasteiger partial charge in [-0.25, -0.2) is 9.18 Å². The summed E-state index contributed by atoms with van der Waals surface area (Å²) in [4.78, 5) is 23.9.